The highest BCUT2D eigenvalue weighted by Crippen LogP contribution is 2.22. The number of ether oxygens (including phenoxy) is 1. The van der Waals surface area contributed by atoms with Crippen molar-refractivity contribution in [1.29, 1.82) is 0 Å². The van der Waals surface area contributed by atoms with E-state index in [9.17, 15) is 0 Å². The number of hydrogen-bond donors (Lipinski definition) is 1. The van der Waals surface area contributed by atoms with E-state index in [0.717, 1.165) is 19.8 Å². The smallest absolute Gasteiger partial charge is 0.0643 e. The van der Waals surface area contributed by atoms with Gasteiger partial charge in [0, 0.05) is 6.54 Å². The quantitative estimate of drug-likeness (QED) is 0.806. The minimum absolute atomic E-state index is 0.582. The third-order valence-electron chi connectivity index (χ3n) is 3.40. The fraction of sp³-hybridized carbons (Fsp3) is 0.538. The first-order valence-electron chi connectivity index (χ1n) is 5.83. The predicted molar refractivity (Wildman–Crippen MR) is 59.9 cm³/mol. The van der Waals surface area contributed by atoms with Crippen molar-refractivity contribution in [2.45, 2.75) is 31.8 Å². The van der Waals surface area contributed by atoms with Crippen LogP contribution in [0.4, 0.5) is 0 Å². The standard InChI is InChI=1S/C13H17NO/c1-2-11-5-4-10(6-12(11)3-1)7-14-13-8-15-9-13/h4-6,13-14H,1-3,7-9H2. The number of benzene rings is 1. The molecule has 2 nitrogen and oxygen atoms in total. The molecule has 0 atom stereocenters. The maximum Gasteiger partial charge on any atom is 0.0643 e. The average Bonchev–Trinajstić information content (AvgIpc) is 2.62. The van der Waals surface area contributed by atoms with Gasteiger partial charge in [-0.3, -0.25) is 0 Å². The summed E-state index contributed by atoms with van der Waals surface area (Å²) in [6.45, 7) is 2.75. The van der Waals surface area contributed by atoms with Crippen molar-refractivity contribution in [3.8, 4) is 0 Å². The lowest BCUT2D eigenvalue weighted by Gasteiger charge is -2.27. The molecule has 0 unspecified atom stereocenters. The van der Waals surface area contributed by atoms with Crippen LogP contribution >= 0.6 is 0 Å². The first-order valence-corrected chi connectivity index (χ1v) is 5.83. The lowest BCUT2D eigenvalue weighted by atomic mass is 10.1. The van der Waals surface area contributed by atoms with Crippen LogP contribution in [0.25, 0.3) is 0 Å². The van der Waals surface area contributed by atoms with E-state index in [4.69, 9.17) is 4.74 Å². The van der Waals surface area contributed by atoms with E-state index in [1.165, 1.54) is 24.8 Å². The van der Waals surface area contributed by atoms with Gasteiger partial charge < -0.3 is 10.1 Å². The summed E-state index contributed by atoms with van der Waals surface area (Å²) in [4.78, 5) is 0. The summed E-state index contributed by atoms with van der Waals surface area (Å²) in [6.07, 6.45) is 3.89. The Morgan fingerprint density at radius 2 is 2.07 bits per heavy atom. The molecule has 2 heteroatoms. The maximum atomic E-state index is 5.13. The van der Waals surface area contributed by atoms with Crippen LogP contribution in [0.5, 0.6) is 0 Å². The van der Waals surface area contributed by atoms with E-state index in [1.54, 1.807) is 11.1 Å². The second-order valence-corrected chi connectivity index (χ2v) is 4.57. The van der Waals surface area contributed by atoms with Gasteiger partial charge in [0.1, 0.15) is 0 Å². The van der Waals surface area contributed by atoms with Crippen LogP contribution in [0.3, 0.4) is 0 Å². The molecule has 0 spiro atoms. The van der Waals surface area contributed by atoms with Crippen LogP contribution in [0.2, 0.25) is 0 Å². The summed E-state index contributed by atoms with van der Waals surface area (Å²) in [5, 5.41) is 3.50. The Morgan fingerprint density at radius 3 is 2.87 bits per heavy atom. The van der Waals surface area contributed by atoms with E-state index < -0.39 is 0 Å². The Hall–Kier alpha value is -0.860. The lowest BCUT2D eigenvalue weighted by molar-refractivity contribution is -0.00578. The van der Waals surface area contributed by atoms with Gasteiger partial charge in [-0.25, -0.2) is 0 Å². The van der Waals surface area contributed by atoms with E-state index in [0.29, 0.717) is 6.04 Å². The fourth-order valence-corrected chi connectivity index (χ4v) is 2.35. The van der Waals surface area contributed by atoms with Crippen molar-refractivity contribution in [1.82, 2.24) is 5.32 Å². The Morgan fingerprint density at radius 1 is 1.20 bits per heavy atom. The third-order valence-corrected chi connectivity index (χ3v) is 3.40. The lowest BCUT2D eigenvalue weighted by Crippen LogP contribution is -2.45. The first kappa shape index (κ1) is 9.37. The van der Waals surface area contributed by atoms with Crippen LogP contribution in [0, 0.1) is 0 Å². The molecule has 0 amide bonds. The molecule has 1 aromatic carbocycles. The summed E-state index contributed by atoms with van der Waals surface area (Å²) in [5.74, 6) is 0. The predicted octanol–water partition coefficient (Wildman–Crippen LogP) is 1.66. The van der Waals surface area contributed by atoms with Gasteiger partial charge in [0.05, 0.1) is 19.3 Å². The molecule has 0 radical (unpaired) electrons. The average molecular weight is 203 g/mol. The van der Waals surface area contributed by atoms with Gasteiger partial charge >= 0.3 is 0 Å². The molecule has 0 bridgehead atoms. The molecule has 0 aromatic heterocycles. The van der Waals surface area contributed by atoms with Crippen molar-refractivity contribution in [3.63, 3.8) is 0 Å². The number of aryl methyl sites for hydroxylation is 2. The van der Waals surface area contributed by atoms with Crippen LogP contribution in [-0.2, 0) is 24.1 Å². The molecule has 1 saturated heterocycles. The van der Waals surface area contributed by atoms with Crippen LogP contribution in [0.1, 0.15) is 23.1 Å². The van der Waals surface area contributed by atoms with Gasteiger partial charge in [-0.15, -0.1) is 0 Å². The normalized spacial score (nSPS) is 20.0. The third kappa shape index (κ3) is 1.92. The van der Waals surface area contributed by atoms with Crippen LogP contribution in [-0.4, -0.2) is 19.3 Å². The summed E-state index contributed by atoms with van der Waals surface area (Å²) in [6, 6.07) is 7.51. The van der Waals surface area contributed by atoms with E-state index in [2.05, 4.69) is 23.5 Å². The molecule has 1 fully saturated rings. The SMILES string of the molecule is c1cc2c(cc1CNC1COC1)CCC2. The van der Waals surface area contributed by atoms with Gasteiger partial charge in [0.2, 0.25) is 0 Å². The fourth-order valence-electron chi connectivity index (χ4n) is 2.35. The zero-order valence-electron chi connectivity index (χ0n) is 8.96. The zero-order chi connectivity index (χ0) is 10.1. The number of hydrogen-bond acceptors (Lipinski definition) is 2. The Labute approximate surface area is 90.6 Å². The molecule has 1 N–H and O–H groups in total. The second kappa shape index (κ2) is 3.95. The maximum absolute atomic E-state index is 5.13. The monoisotopic (exact) mass is 203 g/mol. The van der Waals surface area contributed by atoms with Crippen molar-refractivity contribution in [2.75, 3.05) is 13.2 Å². The number of rotatable bonds is 3. The van der Waals surface area contributed by atoms with Crippen LogP contribution < -0.4 is 5.32 Å². The summed E-state index contributed by atoms with van der Waals surface area (Å²) >= 11 is 0. The molecule has 15 heavy (non-hydrogen) atoms. The minimum atomic E-state index is 0.582. The molecule has 1 aromatic rings. The number of fused-ring (bicyclic) bond motifs is 1. The molecule has 80 valence electrons. The van der Waals surface area contributed by atoms with Crippen molar-refractivity contribution >= 4 is 0 Å². The largest absolute Gasteiger partial charge is 0.378 e. The van der Waals surface area contributed by atoms with E-state index >= 15 is 0 Å². The number of nitrogens with one attached hydrogen (secondary N) is 1. The highest BCUT2D eigenvalue weighted by atomic mass is 16.5. The molecule has 3 rings (SSSR count). The van der Waals surface area contributed by atoms with Gasteiger partial charge in [-0.1, -0.05) is 18.2 Å². The van der Waals surface area contributed by atoms with Gasteiger partial charge in [-0.2, -0.15) is 0 Å². The van der Waals surface area contributed by atoms with Gasteiger partial charge in [0.25, 0.3) is 0 Å². The molecular formula is C13H17NO. The van der Waals surface area contributed by atoms with Crippen molar-refractivity contribution in [3.05, 3.63) is 34.9 Å². The molecule has 1 aliphatic carbocycles. The summed E-state index contributed by atoms with van der Waals surface area (Å²) in [5.41, 5.74) is 4.55. The Bertz CT molecular complexity index is 358. The highest BCUT2D eigenvalue weighted by molar-refractivity contribution is 5.35. The molecule has 0 saturated carbocycles. The Kier molecular flexibility index (Phi) is 2.47. The molecule has 1 heterocycles. The molecular weight excluding hydrogens is 186 g/mol. The topological polar surface area (TPSA) is 21.3 Å². The minimum Gasteiger partial charge on any atom is -0.378 e. The summed E-state index contributed by atoms with van der Waals surface area (Å²) in [7, 11) is 0. The zero-order valence-corrected chi connectivity index (χ0v) is 8.96. The van der Waals surface area contributed by atoms with Crippen LogP contribution in [0.15, 0.2) is 18.2 Å². The van der Waals surface area contributed by atoms with E-state index in [1.807, 2.05) is 0 Å². The van der Waals surface area contributed by atoms with Gasteiger partial charge in [0.15, 0.2) is 0 Å². The van der Waals surface area contributed by atoms with E-state index in [-0.39, 0.29) is 0 Å². The second-order valence-electron chi connectivity index (χ2n) is 4.57. The highest BCUT2D eigenvalue weighted by Gasteiger charge is 2.17. The molecule has 2 aliphatic rings. The van der Waals surface area contributed by atoms with Crippen molar-refractivity contribution in [2.24, 2.45) is 0 Å². The first-order chi connectivity index (χ1) is 7.42. The summed E-state index contributed by atoms with van der Waals surface area (Å²) < 4.78 is 5.13. The Balaban J connectivity index is 1.64. The van der Waals surface area contributed by atoms with Gasteiger partial charge in [-0.05, 0) is 36.0 Å². The molecule has 1 aliphatic heterocycles. The van der Waals surface area contributed by atoms with Crippen molar-refractivity contribution < 1.29 is 4.74 Å².